The number of carbonyl (C=O) groups is 2. The number of fused-ring (bicyclic) bond motifs is 1. The van der Waals surface area contributed by atoms with Gasteiger partial charge in [-0.25, -0.2) is 9.18 Å². The number of rotatable bonds is 4. The molecule has 0 saturated heterocycles. The zero-order valence-electron chi connectivity index (χ0n) is 15.3. The smallest absolute Gasteiger partial charge is 0.416 e. The Morgan fingerprint density at radius 2 is 1.93 bits per heavy atom. The minimum atomic E-state index is -4.61. The lowest BCUT2D eigenvalue weighted by Crippen LogP contribution is -2.44. The number of benzene rings is 2. The topological polar surface area (TPSA) is 67.9 Å². The first-order valence-electron chi connectivity index (χ1n) is 8.38. The normalized spacial score (nSPS) is 16.1. The van der Waals surface area contributed by atoms with Crippen molar-refractivity contribution in [3.05, 3.63) is 53.3 Å². The predicted molar refractivity (Wildman–Crippen MR) is 95.3 cm³/mol. The third-order valence-corrected chi connectivity index (χ3v) is 4.52. The highest BCUT2D eigenvalue weighted by Crippen LogP contribution is 2.44. The van der Waals surface area contributed by atoms with E-state index >= 15 is 0 Å². The summed E-state index contributed by atoms with van der Waals surface area (Å²) >= 11 is 0. The van der Waals surface area contributed by atoms with Crippen LogP contribution in [0.15, 0.2) is 36.4 Å². The van der Waals surface area contributed by atoms with E-state index in [0.717, 1.165) is 43.4 Å². The maximum Gasteiger partial charge on any atom is 0.416 e. The molecule has 3 rings (SSSR count). The van der Waals surface area contributed by atoms with Gasteiger partial charge in [-0.3, -0.25) is 9.69 Å². The van der Waals surface area contributed by atoms with Crippen molar-refractivity contribution in [3.63, 3.8) is 0 Å². The summed E-state index contributed by atoms with van der Waals surface area (Å²) in [6.07, 6.45) is -4.96. The van der Waals surface area contributed by atoms with Crippen molar-refractivity contribution in [1.82, 2.24) is 0 Å². The molecule has 6 nitrogen and oxygen atoms in total. The number of amides is 2. The molecule has 2 aromatic carbocycles. The highest BCUT2D eigenvalue weighted by atomic mass is 19.4. The molecular formula is C19H16F4N2O4. The van der Waals surface area contributed by atoms with Gasteiger partial charge in [-0.15, -0.1) is 0 Å². The molecule has 0 radical (unpaired) electrons. The second-order valence-corrected chi connectivity index (χ2v) is 6.18. The summed E-state index contributed by atoms with van der Waals surface area (Å²) in [5.41, 5.74) is -0.807. The molecule has 0 saturated carbocycles. The van der Waals surface area contributed by atoms with Crippen molar-refractivity contribution in [2.24, 2.45) is 0 Å². The molecule has 2 aromatic rings. The van der Waals surface area contributed by atoms with Crippen LogP contribution in [0.25, 0.3) is 0 Å². The molecule has 2 amide bonds. The highest BCUT2D eigenvalue weighted by molar-refractivity contribution is 6.06. The van der Waals surface area contributed by atoms with Gasteiger partial charge in [0.25, 0.3) is 0 Å². The van der Waals surface area contributed by atoms with Crippen LogP contribution < -0.4 is 15.0 Å². The van der Waals surface area contributed by atoms with E-state index in [1.54, 1.807) is 0 Å². The van der Waals surface area contributed by atoms with E-state index in [2.05, 4.69) is 10.1 Å². The van der Waals surface area contributed by atoms with Crippen molar-refractivity contribution in [2.45, 2.75) is 18.6 Å². The first-order chi connectivity index (χ1) is 13.7. The Kier molecular flexibility index (Phi) is 5.36. The lowest BCUT2D eigenvalue weighted by atomic mass is 9.96. The summed E-state index contributed by atoms with van der Waals surface area (Å²) in [5, 5.41) is 2.38. The molecule has 154 valence electrons. The number of alkyl halides is 3. The van der Waals surface area contributed by atoms with E-state index in [1.165, 1.54) is 12.1 Å². The van der Waals surface area contributed by atoms with Crippen molar-refractivity contribution < 1.29 is 36.6 Å². The Balaban J connectivity index is 2.16. The number of para-hydroxylation sites is 1. The second kappa shape index (κ2) is 7.61. The van der Waals surface area contributed by atoms with Gasteiger partial charge in [0.2, 0.25) is 0 Å². The molecule has 1 aliphatic heterocycles. The second-order valence-electron chi connectivity index (χ2n) is 6.18. The predicted octanol–water partition coefficient (Wildman–Crippen LogP) is 4.51. The first kappa shape index (κ1) is 20.4. The summed E-state index contributed by atoms with van der Waals surface area (Å²) in [6, 6.07) is 4.81. The number of urea groups is 1. The maximum atomic E-state index is 14.2. The van der Waals surface area contributed by atoms with E-state index < -0.39 is 35.6 Å². The number of hydrogen-bond donors (Lipinski definition) is 1. The Hall–Kier alpha value is -3.30. The minimum Gasteiger partial charge on any atom is -0.495 e. The van der Waals surface area contributed by atoms with Crippen molar-refractivity contribution in [1.29, 1.82) is 0 Å². The Morgan fingerprint density at radius 3 is 2.55 bits per heavy atom. The standard InChI is InChI=1S/C19H16F4N2O4/c1-28-15-8-10(19(21,22)23)6-7-13(15)25-14(9-16(26)29-2)11-4-3-5-12(20)17(11)24-18(25)27/h3-8,14H,9H2,1-2H3,(H,24,27). The van der Waals surface area contributed by atoms with E-state index in [4.69, 9.17) is 4.74 Å². The van der Waals surface area contributed by atoms with Crippen LogP contribution in [0.2, 0.25) is 0 Å². The van der Waals surface area contributed by atoms with Crippen LogP contribution in [-0.2, 0) is 15.7 Å². The fourth-order valence-corrected chi connectivity index (χ4v) is 3.17. The number of carbonyl (C=O) groups excluding carboxylic acids is 2. The number of hydrogen-bond acceptors (Lipinski definition) is 4. The molecular weight excluding hydrogens is 396 g/mol. The van der Waals surface area contributed by atoms with Gasteiger partial charge in [-0.05, 0) is 24.3 Å². The quantitative estimate of drug-likeness (QED) is 0.593. The summed E-state index contributed by atoms with van der Waals surface area (Å²) < 4.78 is 63.0. The Morgan fingerprint density at radius 1 is 1.21 bits per heavy atom. The number of ether oxygens (including phenoxy) is 2. The summed E-state index contributed by atoms with van der Waals surface area (Å²) in [5.74, 6) is -1.62. The zero-order chi connectivity index (χ0) is 21.3. The van der Waals surface area contributed by atoms with Crippen molar-refractivity contribution in [3.8, 4) is 5.75 Å². The monoisotopic (exact) mass is 412 g/mol. The molecule has 1 N–H and O–H groups in total. The third-order valence-electron chi connectivity index (χ3n) is 4.52. The fraction of sp³-hybridized carbons (Fsp3) is 0.263. The van der Waals surface area contributed by atoms with Crippen molar-refractivity contribution >= 4 is 23.4 Å². The number of nitrogens with one attached hydrogen (secondary N) is 1. The van der Waals surface area contributed by atoms with Gasteiger partial charge < -0.3 is 14.8 Å². The van der Waals surface area contributed by atoms with Crippen LogP contribution >= 0.6 is 0 Å². The van der Waals surface area contributed by atoms with Crippen LogP contribution in [-0.4, -0.2) is 26.2 Å². The summed E-state index contributed by atoms with van der Waals surface area (Å²) in [4.78, 5) is 25.8. The molecule has 1 unspecified atom stereocenters. The van der Waals surface area contributed by atoms with Crippen LogP contribution in [0, 0.1) is 5.82 Å². The molecule has 0 aromatic heterocycles. The minimum absolute atomic E-state index is 0.0122. The summed E-state index contributed by atoms with van der Waals surface area (Å²) in [6.45, 7) is 0. The number of methoxy groups -OCH3 is 2. The number of anilines is 2. The molecule has 0 spiro atoms. The molecule has 29 heavy (non-hydrogen) atoms. The molecule has 0 aliphatic carbocycles. The van der Waals surface area contributed by atoms with Crippen LogP contribution in [0.5, 0.6) is 5.75 Å². The molecule has 0 bridgehead atoms. The fourth-order valence-electron chi connectivity index (χ4n) is 3.17. The molecule has 1 heterocycles. The Bertz CT molecular complexity index is 962. The SMILES string of the molecule is COC(=O)CC1c2cccc(F)c2NC(=O)N1c1ccc(C(F)(F)F)cc1OC. The lowest BCUT2D eigenvalue weighted by molar-refractivity contribution is -0.141. The van der Waals surface area contributed by atoms with E-state index in [0.29, 0.717) is 0 Å². The number of halogens is 4. The maximum absolute atomic E-state index is 14.2. The van der Waals surface area contributed by atoms with Gasteiger partial charge in [-0.2, -0.15) is 13.2 Å². The summed E-state index contributed by atoms with van der Waals surface area (Å²) in [7, 11) is 2.31. The van der Waals surface area contributed by atoms with E-state index in [-0.39, 0.29) is 29.1 Å². The van der Waals surface area contributed by atoms with Gasteiger partial charge in [0, 0.05) is 5.56 Å². The molecule has 1 atom stereocenters. The molecule has 0 fully saturated rings. The zero-order valence-corrected chi connectivity index (χ0v) is 15.3. The lowest BCUT2D eigenvalue weighted by Gasteiger charge is -2.37. The largest absolute Gasteiger partial charge is 0.495 e. The van der Waals surface area contributed by atoms with Crippen LogP contribution in [0.4, 0.5) is 33.7 Å². The molecule has 1 aliphatic rings. The van der Waals surface area contributed by atoms with Crippen molar-refractivity contribution in [2.75, 3.05) is 24.4 Å². The van der Waals surface area contributed by atoms with Gasteiger partial charge in [0.15, 0.2) is 0 Å². The van der Waals surface area contributed by atoms with Gasteiger partial charge in [0.05, 0.1) is 43.6 Å². The number of nitrogens with zero attached hydrogens (tertiary/aromatic N) is 1. The average molecular weight is 412 g/mol. The van der Waals surface area contributed by atoms with E-state index in [1.807, 2.05) is 0 Å². The average Bonchev–Trinajstić information content (AvgIpc) is 2.67. The van der Waals surface area contributed by atoms with Gasteiger partial charge >= 0.3 is 18.2 Å². The van der Waals surface area contributed by atoms with Crippen LogP contribution in [0.3, 0.4) is 0 Å². The number of esters is 1. The van der Waals surface area contributed by atoms with E-state index in [9.17, 15) is 27.2 Å². The first-order valence-corrected chi connectivity index (χ1v) is 8.38. The Labute approximate surface area is 163 Å². The van der Waals surface area contributed by atoms with Crippen LogP contribution in [0.1, 0.15) is 23.6 Å². The third kappa shape index (κ3) is 3.82. The van der Waals surface area contributed by atoms with Gasteiger partial charge in [-0.1, -0.05) is 12.1 Å². The highest BCUT2D eigenvalue weighted by Gasteiger charge is 2.39. The molecule has 10 heteroatoms. The van der Waals surface area contributed by atoms with Gasteiger partial charge in [0.1, 0.15) is 11.6 Å².